The smallest absolute Gasteiger partial charge is 0.253 e. The lowest BCUT2D eigenvalue weighted by molar-refractivity contribution is -0.00584. The zero-order chi connectivity index (χ0) is 18.4. The molecule has 4 nitrogen and oxygen atoms in total. The Morgan fingerprint density at radius 1 is 1.12 bits per heavy atom. The molecule has 0 radical (unpaired) electrons. The van der Waals surface area contributed by atoms with E-state index in [0.29, 0.717) is 12.0 Å². The van der Waals surface area contributed by atoms with Gasteiger partial charge in [0.05, 0.1) is 6.10 Å². The van der Waals surface area contributed by atoms with E-state index >= 15 is 0 Å². The van der Waals surface area contributed by atoms with Crippen LogP contribution >= 0.6 is 0 Å². The van der Waals surface area contributed by atoms with E-state index in [9.17, 15) is 4.79 Å². The molecule has 0 unspecified atom stereocenters. The van der Waals surface area contributed by atoms with E-state index in [1.807, 2.05) is 17.0 Å². The molecule has 1 aromatic rings. The first-order valence-corrected chi connectivity index (χ1v) is 10.3. The van der Waals surface area contributed by atoms with Gasteiger partial charge in [0.15, 0.2) is 0 Å². The summed E-state index contributed by atoms with van der Waals surface area (Å²) in [7, 11) is 0. The van der Waals surface area contributed by atoms with Crippen molar-refractivity contribution < 1.29 is 9.53 Å². The molecule has 0 spiro atoms. The third-order valence-electron chi connectivity index (χ3n) is 5.42. The van der Waals surface area contributed by atoms with Gasteiger partial charge in [-0.15, -0.1) is 0 Å². The van der Waals surface area contributed by atoms with Crippen LogP contribution in [0.15, 0.2) is 24.3 Å². The summed E-state index contributed by atoms with van der Waals surface area (Å²) in [5.74, 6) is 0.806. The van der Waals surface area contributed by atoms with E-state index in [-0.39, 0.29) is 5.91 Å². The van der Waals surface area contributed by atoms with Gasteiger partial charge >= 0.3 is 0 Å². The largest absolute Gasteiger partial charge is 0.378 e. The number of likely N-dealkylation sites (tertiary alicyclic amines) is 2. The van der Waals surface area contributed by atoms with Crippen LogP contribution in [0, 0.1) is 5.92 Å². The van der Waals surface area contributed by atoms with Crippen LogP contribution in [0.2, 0.25) is 0 Å². The van der Waals surface area contributed by atoms with Gasteiger partial charge in [0.2, 0.25) is 0 Å². The highest BCUT2D eigenvalue weighted by molar-refractivity contribution is 5.94. The minimum atomic E-state index is 0.201. The Hall–Kier alpha value is -1.39. The Labute approximate surface area is 158 Å². The second-order valence-electron chi connectivity index (χ2n) is 8.26. The second-order valence-corrected chi connectivity index (χ2v) is 8.26. The van der Waals surface area contributed by atoms with Gasteiger partial charge in [0, 0.05) is 44.9 Å². The Balaban J connectivity index is 1.50. The van der Waals surface area contributed by atoms with Crippen molar-refractivity contribution in [3.63, 3.8) is 0 Å². The molecule has 0 N–H and O–H groups in total. The van der Waals surface area contributed by atoms with Crippen LogP contribution in [-0.4, -0.2) is 54.6 Å². The molecule has 3 rings (SSSR count). The highest BCUT2D eigenvalue weighted by Gasteiger charge is 2.21. The SMILES string of the molecule is CC(C)COC1CCN(Cc2cccc(C(=O)N3CCCCC3)c2)CC1. The van der Waals surface area contributed by atoms with Gasteiger partial charge in [-0.05, 0) is 55.7 Å². The van der Waals surface area contributed by atoms with Crippen LogP contribution in [0.1, 0.15) is 61.9 Å². The van der Waals surface area contributed by atoms with Crippen molar-refractivity contribution in [2.75, 3.05) is 32.8 Å². The van der Waals surface area contributed by atoms with Crippen molar-refractivity contribution in [1.82, 2.24) is 9.80 Å². The van der Waals surface area contributed by atoms with Crippen molar-refractivity contribution >= 4 is 5.91 Å². The minimum absolute atomic E-state index is 0.201. The maximum absolute atomic E-state index is 12.7. The Kier molecular flexibility index (Phi) is 7.09. The van der Waals surface area contributed by atoms with E-state index in [1.54, 1.807) is 0 Å². The molecule has 2 aliphatic rings. The van der Waals surface area contributed by atoms with E-state index in [0.717, 1.165) is 70.6 Å². The van der Waals surface area contributed by atoms with Gasteiger partial charge in [-0.1, -0.05) is 26.0 Å². The summed E-state index contributed by atoms with van der Waals surface area (Å²) in [5.41, 5.74) is 2.09. The predicted molar refractivity (Wildman–Crippen MR) is 105 cm³/mol. The van der Waals surface area contributed by atoms with Crippen LogP contribution < -0.4 is 0 Å². The number of benzene rings is 1. The first-order chi connectivity index (χ1) is 12.6. The number of amides is 1. The quantitative estimate of drug-likeness (QED) is 0.772. The maximum atomic E-state index is 12.7. The van der Waals surface area contributed by atoms with Crippen LogP contribution in [0.25, 0.3) is 0 Å². The molecule has 1 amide bonds. The van der Waals surface area contributed by atoms with Gasteiger partial charge in [-0.25, -0.2) is 0 Å². The van der Waals surface area contributed by atoms with Crippen molar-refractivity contribution in [1.29, 1.82) is 0 Å². The molecule has 2 aliphatic heterocycles. The summed E-state index contributed by atoms with van der Waals surface area (Å²) >= 11 is 0. The molecule has 0 bridgehead atoms. The number of hydrogen-bond acceptors (Lipinski definition) is 3. The summed E-state index contributed by atoms with van der Waals surface area (Å²) in [6.45, 7) is 10.2. The average Bonchev–Trinajstić information content (AvgIpc) is 2.68. The number of piperidine rings is 2. The Bertz CT molecular complexity index is 573. The fourth-order valence-corrected chi connectivity index (χ4v) is 3.90. The lowest BCUT2D eigenvalue weighted by Crippen LogP contribution is -2.37. The number of rotatable bonds is 6. The van der Waals surface area contributed by atoms with Crippen molar-refractivity contribution in [2.45, 2.75) is 58.6 Å². The zero-order valence-corrected chi connectivity index (χ0v) is 16.5. The maximum Gasteiger partial charge on any atom is 0.253 e. The zero-order valence-electron chi connectivity index (χ0n) is 16.5. The summed E-state index contributed by atoms with van der Waals surface area (Å²) in [6.07, 6.45) is 6.16. The standard InChI is InChI=1S/C22H34N2O2/c1-18(2)17-26-21-9-13-23(14-10-21)16-19-7-6-8-20(15-19)22(25)24-11-4-3-5-12-24/h6-8,15,18,21H,3-5,9-14,16-17H2,1-2H3. The van der Waals surface area contributed by atoms with Crippen LogP contribution in [0.5, 0.6) is 0 Å². The summed E-state index contributed by atoms with van der Waals surface area (Å²) in [6, 6.07) is 8.24. The van der Waals surface area contributed by atoms with Gasteiger partial charge in [-0.2, -0.15) is 0 Å². The molecule has 0 atom stereocenters. The number of carbonyl (C=O) groups excluding carboxylic acids is 1. The molecule has 0 aliphatic carbocycles. The third kappa shape index (κ3) is 5.55. The number of hydrogen-bond donors (Lipinski definition) is 0. The van der Waals surface area contributed by atoms with Crippen LogP contribution in [0.3, 0.4) is 0 Å². The lowest BCUT2D eigenvalue weighted by Gasteiger charge is -2.32. The third-order valence-corrected chi connectivity index (χ3v) is 5.42. The molecule has 4 heteroatoms. The van der Waals surface area contributed by atoms with Gasteiger partial charge in [0.1, 0.15) is 0 Å². The molecule has 1 aromatic carbocycles. The second kappa shape index (κ2) is 9.52. The molecule has 0 saturated carbocycles. The van der Waals surface area contributed by atoms with Gasteiger partial charge in [0.25, 0.3) is 5.91 Å². The molecule has 144 valence electrons. The molecular weight excluding hydrogens is 324 g/mol. The summed E-state index contributed by atoms with van der Waals surface area (Å²) in [5, 5.41) is 0. The minimum Gasteiger partial charge on any atom is -0.378 e. The summed E-state index contributed by atoms with van der Waals surface area (Å²) < 4.78 is 5.98. The first kappa shape index (κ1) is 19.4. The Morgan fingerprint density at radius 3 is 2.54 bits per heavy atom. The van der Waals surface area contributed by atoms with Crippen molar-refractivity contribution in [3.05, 3.63) is 35.4 Å². The fraction of sp³-hybridized carbons (Fsp3) is 0.682. The lowest BCUT2D eigenvalue weighted by atomic mass is 10.0. The van der Waals surface area contributed by atoms with E-state index in [4.69, 9.17) is 4.74 Å². The topological polar surface area (TPSA) is 32.8 Å². The highest BCUT2D eigenvalue weighted by atomic mass is 16.5. The monoisotopic (exact) mass is 358 g/mol. The average molecular weight is 359 g/mol. The van der Waals surface area contributed by atoms with Gasteiger partial charge in [-0.3, -0.25) is 9.69 Å². The van der Waals surface area contributed by atoms with E-state index < -0.39 is 0 Å². The predicted octanol–water partition coefficient (Wildman–Crippen LogP) is 3.95. The number of carbonyl (C=O) groups is 1. The Morgan fingerprint density at radius 2 is 1.85 bits per heavy atom. The molecule has 2 heterocycles. The molecule has 2 saturated heterocycles. The highest BCUT2D eigenvalue weighted by Crippen LogP contribution is 2.19. The fourth-order valence-electron chi connectivity index (χ4n) is 3.90. The number of ether oxygens (including phenoxy) is 1. The van der Waals surface area contributed by atoms with Crippen LogP contribution in [0.4, 0.5) is 0 Å². The number of nitrogens with zero attached hydrogens (tertiary/aromatic N) is 2. The molecular formula is C22H34N2O2. The van der Waals surface area contributed by atoms with Crippen LogP contribution in [-0.2, 0) is 11.3 Å². The van der Waals surface area contributed by atoms with Crippen molar-refractivity contribution in [3.8, 4) is 0 Å². The van der Waals surface area contributed by atoms with Crippen molar-refractivity contribution in [2.24, 2.45) is 5.92 Å². The summed E-state index contributed by atoms with van der Waals surface area (Å²) in [4.78, 5) is 17.2. The molecule has 0 aromatic heterocycles. The van der Waals surface area contributed by atoms with E-state index in [2.05, 4.69) is 30.9 Å². The van der Waals surface area contributed by atoms with Gasteiger partial charge < -0.3 is 9.64 Å². The molecule has 2 fully saturated rings. The van der Waals surface area contributed by atoms with E-state index in [1.165, 1.54) is 12.0 Å². The first-order valence-electron chi connectivity index (χ1n) is 10.3. The normalized spacial score (nSPS) is 19.9. The molecule has 26 heavy (non-hydrogen) atoms.